The van der Waals surface area contributed by atoms with Crippen LogP contribution in [0.4, 0.5) is 0 Å². The lowest BCUT2D eigenvalue weighted by Crippen LogP contribution is -2.33. The molecule has 0 aliphatic carbocycles. The third kappa shape index (κ3) is 5.44. The van der Waals surface area contributed by atoms with Gasteiger partial charge in [0.15, 0.2) is 0 Å². The number of ether oxygens (including phenoxy) is 1. The number of esters is 1. The first kappa shape index (κ1) is 24.6. The van der Waals surface area contributed by atoms with E-state index < -0.39 is 22.0 Å². The molecule has 0 saturated carbocycles. The van der Waals surface area contributed by atoms with E-state index in [0.717, 1.165) is 18.4 Å². The predicted molar refractivity (Wildman–Crippen MR) is 133 cm³/mol. The van der Waals surface area contributed by atoms with E-state index in [0.29, 0.717) is 35.3 Å². The number of hydrogen-bond donors (Lipinski definition) is 1. The highest BCUT2D eigenvalue weighted by molar-refractivity contribution is 7.89. The lowest BCUT2D eigenvalue weighted by Gasteiger charge is -2.24. The van der Waals surface area contributed by atoms with E-state index in [-0.39, 0.29) is 10.8 Å². The standard InChI is InChI=1S/C27H28N2O5S/c1-19-9-15-22(16-10-19)35(32,33)28-25(20-11-13-21(14-12-20)27(31)34-2)23-7-3-4-8-24(23)26(30)29-17-5-6-18-29/h3-4,7-16,25,28H,5-6,17-18H2,1-2H3/t25-/m0/s1. The van der Waals surface area contributed by atoms with Crippen LogP contribution >= 0.6 is 0 Å². The smallest absolute Gasteiger partial charge is 0.337 e. The second-order valence-corrected chi connectivity index (χ2v) is 10.3. The number of carbonyl (C=O) groups is 2. The Morgan fingerprint density at radius 2 is 1.54 bits per heavy atom. The van der Waals surface area contributed by atoms with Crippen LogP contribution in [0.1, 0.15) is 56.3 Å². The number of rotatable bonds is 7. The largest absolute Gasteiger partial charge is 0.465 e. The minimum absolute atomic E-state index is 0.121. The van der Waals surface area contributed by atoms with E-state index in [1.807, 2.05) is 6.92 Å². The van der Waals surface area contributed by atoms with Gasteiger partial charge < -0.3 is 9.64 Å². The van der Waals surface area contributed by atoms with Gasteiger partial charge in [-0.2, -0.15) is 4.72 Å². The summed E-state index contributed by atoms with van der Waals surface area (Å²) in [6, 6.07) is 19.3. The summed E-state index contributed by atoms with van der Waals surface area (Å²) in [5.41, 5.74) is 2.88. The lowest BCUT2D eigenvalue weighted by molar-refractivity contribution is 0.0600. The van der Waals surface area contributed by atoms with Crippen molar-refractivity contribution in [2.24, 2.45) is 0 Å². The molecule has 182 valence electrons. The van der Waals surface area contributed by atoms with Gasteiger partial charge in [0.25, 0.3) is 5.91 Å². The lowest BCUT2D eigenvalue weighted by atomic mass is 9.94. The zero-order chi connectivity index (χ0) is 25.0. The summed E-state index contributed by atoms with van der Waals surface area (Å²) >= 11 is 0. The summed E-state index contributed by atoms with van der Waals surface area (Å²) in [7, 11) is -2.63. The first-order chi connectivity index (χ1) is 16.8. The van der Waals surface area contributed by atoms with Crippen molar-refractivity contribution >= 4 is 21.9 Å². The van der Waals surface area contributed by atoms with E-state index in [4.69, 9.17) is 4.74 Å². The van der Waals surface area contributed by atoms with Crippen LogP contribution in [0.2, 0.25) is 0 Å². The summed E-state index contributed by atoms with van der Waals surface area (Å²) in [5.74, 6) is -0.609. The topological polar surface area (TPSA) is 92.8 Å². The molecule has 1 heterocycles. The monoisotopic (exact) mass is 492 g/mol. The van der Waals surface area contributed by atoms with Crippen LogP contribution in [0.5, 0.6) is 0 Å². The van der Waals surface area contributed by atoms with E-state index in [1.165, 1.54) is 7.11 Å². The predicted octanol–water partition coefficient (Wildman–Crippen LogP) is 4.09. The van der Waals surface area contributed by atoms with Crippen LogP contribution in [0.25, 0.3) is 0 Å². The third-order valence-corrected chi connectivity index (χ3v) is 7.60. The van der Waals surface area contributed by atoms with Crippen molar-refractivity contribution < 1.29 is 22.7 Å². The van der Waals surface area contributed by atoms with Gasteiger partial charge in [-0.25, -0.2) is 13.2 Å². The molecule has 1 aliphatic rings. The van der Waals surface area contributed by atoms with Crippen LogP contribution in [-0.2, 0) is 14.8 Å². The van der Waals surface area contributed by atoms with Gasteiger partial charge in [0, 0.05) is 18.7 Å². The number of amides is 1. The Morgan fingerprint density at radius 1 is 0.914 bits per heavy atom. The number of methoxy groups -OCH3 is 1. The first-order valence-electron chi connectivity index (χ1n) is 11.5. The molecule has 3 aromatic rings. The molecule has 1 N–H and O–H groups in total. The Bertz CT molecular complexity index is 1310. The number of nitrogens with one attached hydrogen (secondary N) is 1. The van der Waals surface area contributed by atoms with Crippen LogP contribution in [-0.4, -0.2) is 45.4 Å². The summed E-state index contributed by atoms with van der Waals surface area (Å²) in [5, 5.41) is 0. The summed E-state index contributed by atoms with van der Waals surface area (Å²) in [6.45, 7) is 3.25. The molecule has 0 radical (unpaired) electrons. The molecule has 1 atom stereocenters. The molecular formula is C27H28N2O5S. The number of sulfonamides is 1. The Kier molecular flexibility index (Phi) is 7.33. The highest BCUT2D eigenvalue weighted by Crippen LogP contribution is 2.29. The van der Waals surface area contributed by atoms with Crippen LogP contribution in [0.15, 0.2) is 77.7 Å². The third-order valence-electron chi connectivity index (χ3n) is 6.16. The SMILES string of the molecule is COC(=O)c1ccc([C@H](NS(=O)(=O)c2ccc(C)cc2)c2ccccc2C(=O)N2CCCC2)cc1. The van der Waals surface area contributed by atoms with Crippen molar-refractivity contribution in [1.82, 2.24) is 9.62 Å². The van der Waals surface area contributed by atoms with Crippen LogP contribution < -0.4 is 4.72 Å². The maximum atomic E-state index is 13.4. The van der Waals surface area contributed by atoms with Crippen molar-refractivity contribution in [3.63, 3.8) is 0 Å². The van der Waals surface area contributed by atoms with E-state index in [1.54, 1.807) is 77.7 Å². The Labute approximate surface area is 205 Å². The van der Waals surface area contributed by atoms with E-state index in [2.05, 4.69) is 4.72 Å². The molecule has 1 amide bonds. The van der Waals surface area contributed by atoms with Gasteiger partial charge in [-0.3, -0.25) is 4.79 Å². The minimum Gasteiger partial charge on any atom is -0.465 e. The number of aryl methyl sites for hydroxylation is 1. The fourth-order valence-electron chi connectivity index (χ4n) is 4.22. The highest BCUT2D eigenvalue weighted by Gasteiger charge is 2.29. The molecule has 0 spiro atoms. The van der Waals surface area contributed by atoms with E-state index in [9.17, 15) is 18.0 Å². The molecule has 1 fully saturated rings. The average molecular weight is 493 g/mol. The fraction of sp³-hybridized carbons (Fsp3) is 0.259. The normalized spacial score (nSPS) is 14.5. The Balaban J connectivity index is 1.79. The summed E-state index contributed by atoms with van der Waals surface area (Å²) in [4.78, 5) is 27.2. The second kappa shape index (κ2) is 10.4. The average Bonchev–Trinajstić information content (AvgIpc) is 3.42. The summed E-state index contributed by atoms with van der Waals surface area (Å²) < 4.78 is 34.3. The molecular weight excluding hydrogens is 464 g/mol. The molecule has 0 aromatic heterocycles. The maximum Gasteiger partial charge on any atom is 0.337 e. The summed E-state index contributed by atoms with van der Waals surface area (Å²) in [6.07, 6.45) is 1.90. The van der Waals surface area contributed by atoms with Gasteiger partial charge in [-0.05, 0) is 61.2 Å². The molecule has 1 aliphatic heterocycles. The molecule has 8 heteroatoms. The molecule has 35 heavy (non-hydrogen) atoms. The number of carbonyl (C=O) groups excluding carboxylic acids is 2. The van der Waals surface area contributed by atoms with E-state index >= 15 is 0 Å². The van der Waals surface area contributed by atoms with Gasteiger partial charge in [-0.15, -0.1) is 0 Å². The number of benzene rings is 3. The van der Waals surface area contributed by atoms with Gasteiger partial charge in [0.05, 0.1) is 23.6 Å². The van der Waals surface area contributed by atoms with Gasteiger partial charge >= 0.3 is 5.97 Å². The zero-order valence-electron chi connectivity index (χ0n) is 19.7. The molecule has 1 saturated heterocycles. The van der Waals surface area contributed by atoms with Crippen molar-refractivity contribution in [3.8, 4) is 0 Å². The molecule has 0 bridgehead atoms. The zero-order valence-corrected chi connectivity index (χ0v) is 20.5. The number of nitrogens with zero attached hydrogens (tertiary/aromatic N) is 1. The number of likely N-dealkylation sites (tertiary alicyclic amines) is 1. The van der Waals surface area contributed by atoms with Crippen LogP contribution in [0, 0.1) is 6.92 Å². The van der Waals surface area contributed by atoms with Gasteiger partial charge in [-0.1, -0.05) is 48.0 Å². The van der Waals surface area contributed by atoms with Crippen molar-refractivity contribution in [3.05, 3.63) is 101 Å². The fourth-order valence-corrected chi connectivity index (χ4v) is 5.42. The first-order valence-corrected chi connectivity index (χ1v) is 12.9. The molecule has 3 aromatic carbocycles. The van der Waals surface area contributed by atoms with Gasteiger partial charge in [0.1, 0.15) is 0 Å². The molecule has 0 unspecified atom stereocenters. The Morgan fingerprint density at radius 3 is 2.17 bits per heavy atom. The van der Waals surface area contributed by atoms with Crippen molar-refractivity contribution in [1.29, 1.82) is 0 Å². The maximum absolute atomic E-state index is 13.4. The number of hydrogen-bond acceptors (Lipinski definition) is 5. The highest BCUT2D eigenvalue weighted by atomic mass is 32.2. The Hall–Kier alpha value is -3.49. The molecule has 7 nitrogen and oxygen atoms in total. The second-order valence-electron chi connectivity index (χ2n) is 8.57. The van der Waals surface area contributed by atoms with Crippen molar-refractivity contribution in [2.75, 3.05) is 20.2 Å². The van der Waals surface area contributed by atoms with Crippen molar-refractivity contribution in [2.45, 2.75) is 30.7 Å². The van der Waals surface area contributed by atoms with Crippen LogP contribution in [0.3, 0.4) is 0 Å². The minimum atomic E-state index is -3.93. The van der Waals surface area contributed by atoms with Gasteiger partial charge in [0.2, 0.25) is 10.0 Å². The quantitative estimate of drug-likeness (QED) is 0.502. The molecule has 4 rings (SSSR count).